The smallest absolute Gasteiger partial charge is 0.462 e. The van der Waals surface area contributed by atoms with Gasteiger partial charge in [0.25, 0.3) is 0 Å². The lowest BCUT2D eigenvalue weighted by atomic mass is 10.0. The molecule has 0 aromatic carbocycles. The van der Waals surface area contributed by atoms with E-state index in [0.29, 0.717) is 25.7 Å². The first-order valence-electron chi connectivity index (χ1n) is 40.8. The molecule has 98 heavy (non-hydrogen) atoms. The van der Waals surface area contributed by atoms with Gasteiger partial charge in [-0.25, -0.2) is 9.13 Å². The fourth-order valence-electron chi connectivity index (χ4n) is 12.1. The number of hydrogen-bond acceptors (Lipinski definition) is 15. The first kappa shape index (κ1) is 96.1. The fraction of sp³-hybridized carbons (Fsp3) is 0.949. The maximum absolute atomic E-state index is 13.1. The van der Waals surface area contributed by atoms with Crippen LogP contribution >= 0.6 is 15.6 Å². The zero-order valence-electron chi connectivity index (χ0n) is 64.3. The summed E-state index contributed by atoms with van der Waals surface area (Å²) < 4.78 is 68.7. The topological polar surface area (TPSA) is 237 Å². The predicted octanol–water partition coefficient (Wildman–Crippen LogP) is 23.4. The van der Waals surface area contributed by atoms with E-state index >= 15 is 0 Å². The van der Waals surface area contributed by atoms with E-state index < -0.39 is 97.5 Å². The summed E-state index contributed by atoms with van der Waals surface area (Å²) in [5.41, 5.74) is 0. The molecule has 0 spiro atoms. The van der Waals surface area contributed by atoms with Crippen LogP contribution in [0.3, 0.4) is 0 Å². The summed E-state index contributed by atoms with van der Waals surface area (Å²) in [6, 6.07) is 0. The van der Waals surface area contributed by atoms with Gasteiger partial charge < -0.3 is 33.8 Å². The van der Waals surface area contributed by atoms with Gasteiger partial charge in [0.05, 0.1) is 26.4 Å². The van der Waals surface area contributed by atoms with Gasteiger partial charge in [0.2, 0.25) is 0 Å². The third kappa shape index (κ3) is 72.4. The normalized spacial score (nSPS) is 14.0. The average molecular weight is 1440 g/mol. The Balaban J connectivity index is 5.26. The number of rotatable bonds is 77. The number of hydrogen-bond donors (Lipinski definition) is 3. The van der Waals surface area contributed by atoms with Crippen LogP contribution in [0.5, 0.6) is 0 Å². The number of phosphoric ester groups is 2. The van der Waals surface area contributed by atoms with Crippen molar-refractivity contribution in [1.29, 1.82) is 0 Å². The molecule has 0 saturated heterocycles. The summed E-state index contributed by atoms with van der Waals surface area (Å²) in [6.45, 7) is 11.9. The van der Waals surface area contributed by atoms with Crippen molar-refractivity contribution >= 4 is 39.5 Å². The molecule has 0 fully saturated rings. The molecule has 0 rings (SSSR count). The molecule has 582 valence electrons. The van der Waals surface area contributed by atoms with Crippen LogP contribution < -0.4 is 0 Å². The van der Waals surface area contributed by atoms with Crippen molar-refractivity contribution in [2.24, 2.45) is 17.8 Å². The van der Waals surface area contributed by atoms with E-state index in [1.165, 1.54) is 218 Å². The van der Waals surface area contributed by atoms with Crippen molar-refractivity contribution < 1.29 is 80.2 Å². The van der Waals surface area contributed by atoms with Crippen molar-refractivity contribution in [3.63, 3.8) is 0 Å². The standard InChI is InChI=1S/C79H154O17P2/c1-8-9-10-11-12-13-14-15-16-20-27-32-41-48-55-62-79(84)96-75(67-90-77(82)61-54-47-40-35-34-38-45-52-59-72(6)7)69-94-98(87,88)92-65-73(80)64-91-97(85,86)93-68-74(66-89-76(81)60-53-46-39-31-26-23-22-25-30-37-44-51-58-71(4)5)95-78(83)63-56-49-42-33-28-21-18-17-19-24-29-36-43-50-57-70(2)3/h70-75,80H,8-69H2,1-7H3,(H,85,86)(H,87,88)/t73-,74-,75-/m1/s1. The molecule has 5 atom stereocenters. The summed E-state index contributed by atoms with van der Waals surface area (Å²) in [5, 5.41) is 10.6. The Labute approximate surface area is 600 Å². The molecule has 2 unspecified atom stereocenters. The van der Waals surface area contributed by atoms with Crippen molar-refractivity contribution in [2.75, 3.05) is 39.6 Å². The molecule has 0 amide bonds. The Kier molecular flexibility index (Phi) is 68.1. The number of ether oxygens (including phenoxy) is 4. The number of phosphoric acid groups is 2. The van der Waals surface area contributed by atoms with Crippen molar-refractivity contribution in [3.05, 3.63) is 0 Å². The lowest BCUT2D eigenvalue weighted by Gasteiger charge is -2.21. The number of unbranched alkanes of at least 4 members (excludes halogenated alkanes) is 45. The number of carbonyl (C=O) groups excluding carboxylic acids is 4. The zero-order chi connectivity index (χ0) is 72.3. The van der Waals surface area contributed by atoms with E-state index in [4.69, 9.17) is 37.0 Å². The van der Waals surface area contributed by atoms with Crippen LogP contribution in [-0.4, -0.2) is 96.7 Å². The van der Waals surface area contributed by atoms with Gasteiger partial charge in [-0.1, -0.05) is 357 Å². The second kappa shape index (κ2) is 69.4. The third-order valence-corrected chi connectivity index (χ3v) is 20.3. The number of aliphatic hydroxyl groups excluding tert-OH is 1. The van der Waals surface area contributed by atoms with Gasteiger partial charge >= 0.3 is 39.5 Å². The van der Waals surface area contributed by atoms with Crippen LogP contribution in [0.2, 0.25) is 0 Å². The molecule has 0 bridgehead atoms. The van der Waals surface area contributed by atoms with Crippen LogP contribution in [0.25, 0.3) is 0 Å². The van der Waals surface area contributed by atoms with Crippen LogP contribution in [0, 0.1) is 17.8 Å². The molecule has 0 aromatic rings. The van der Waals surface area contributed by atoms with Crippen LogP contribution in [-0.2, 0) is 65.4 Å². The van der Waals surface area contributed by atoms with Crippen LogP contribution in [0.4, 0.5) is 0 Å². The molecule has 17 nitrogen and oxygen atoms in total. The second-order valence-corrected chi connectivity index (χ2v) is 32.8. The summed E-state index contributed by atoms with van der Waals surface area (Å²) in [5.74, 6) is 0.191. The molecule has 0 aliphatic carbocycles. The predicted molar refractivity (Wildman–Crippen MR) is 400 cm³/mol. The van der Waals surface area contributed by atoms with E-state index in [-0.39, 0.29) is 25.7 Å². The van der Waals surface area contributed by atoms with E-state index in [1.807, 2.05) is 0 Å². The molecule has 0 aliphatic rings. The van der Waals surface area contributed by atoms with E-state index in [1.54, 1.807) is 0 Å². The largest absolute Gasteiger partial charge is 0.472 e. The van der Waals surface area contributed by atoms with Gasteiger partial charge in [0.15, 0.2) is 12.2 Å². The maximum Gasteiger partial charge on any atom is 0.472 e. The monoisotopic (exact) mass is 1440 g/mol. The van der Waals surface area contributed by atoms with Crippen molar-refractivity contribution in [2.45, 2.75) is 426 Å². The highest BCUT2D eigenvalue weighted by molar-refractivity contribution is 7.47. The maximum atomic E-state index is 13.1. The summed E-state index contributed by atoms with van der Waals surface area (Å²) in [4.78, 5) is 73.0. The van der Waals surface area contributed by atoms with Crippen molar-refractivity contribution in [3.8, 4) is 0 Å². The first-order valence-corrected chi connectivity index (χ1v) is 43.8. The van der Waals surface area contributed by atoms with Gasteiger partial charge in [-0.2, -0.15) is 0 Å². The summed E-state index contributed by atoms with van der Waals surface area (Å²) in [7, 11) is -9.92. The Morgan fingerprint density at radius 1 is 0.276 bits per heavy atom. The molecule has 0 aromatic heterocycles. The Bertz CT molecular complexity index is 1900. The molecule has 0 radical (unpaired) electrons. The number of carbonyl (C=O) groups is 4. The highest BCUT2D eigenvalue weighted by Gasteiger charge is 2.30. The van der Waals surface area contributed by atoms with Crippen molar-refractivity contribution in [1.82, 2.24) is 0 Å². The van der Waals surface area contributed by atoms with Gasteiger partial charge in [-0.15, -0.1) is 0 Å². The first-order chi connectivity index (χ1) is 47.2. The highest BCUT2D eigenvalue weighted by Crippen LogP contribution is 2.45. The minimum Gasteiger partial charge on any atom is -0.462 e. The minimum absolute atomic E-state index is 0.107. The summed E-state index contributed by atoms with van der Waals surface area (Å²) in [6.07, 6.45) is 56.8. The SMILES string of the molecule is CCCCCCCCCCCCCCCCCC(=O)O[C@H](COC(=O)CCCCCCCCCCC(C)C)COP(=O)(O)OC[C@H](O)COP(=O)(O)OC[C@@H](COC(=O)CCCCCCCCCCCCCCC(C)C)OC(=O)CCCCCCCCCCCCCCCCC(C)C. The third-order valence-electron chi connectivity index (χ3n) is 18.4. The second-order valence-electron chi connectivity index (χ2n) is 29.9. The summed E-state index contributed by atoms with van der Waals surface area (Å²) >= 11 is 0. The molecule has 0 saturated carbocycles. The fourth-order valence-corrected chi connectivity index (χ4v) is 13.7. The molecule has 3 N–H and O–H groups in total. The molecular formula is C79H154O17P2. The van der Waals surface area contributed by atoms with E-state index in [2.05, 4.69) is 48.5 Å². The minimum atomic E-state index is -4.96. The quantitative estimate of drug-likeness (QED) is 0.0222. The van der Waals surface area contributed by atoms with Gasteiger partial charge in [-0.05, 0) is 43.4 Å². The highest BCUT2D eigenvalue weighted by atomic mass is 31.2. The molecular weight excluding hydrogens is 1280 g/mol. The van der Waals surface area contributed by atoms with Gasteiger partial charge in [0.1, 0.15) is 19.3 Å². The molecule has 0 heterocycles. The number of aliphatic hydroxyl groups is 1. The Morgan fingerprint density at radius 2 is 0.469 bits per heavy atom. The van der Waals surface area contributed by atoms with E-state index in [9.17, 15) is 43.2 Å². The molecule has 19 heteroatoms. The number of esters is 4. The van der Waals surface area contributed by atoms with E-state index in [0.717, 1.165) is 108 Å². The average Bonchev–Trinajstić information content (AvgIpc) is 0.999. The van der Waals surface area contributed by atoms with Gasteiger partial charge in [0, 0.05) is 25.7 Å². The zero-order valence-corrected chi connectivity index (χ0v) is 66.0. The Hall–Kier alpha value is -1.94. The Morgan fingerprint density at radius 3 is 0.694 bits per heavy atom. The van der Waals surface area contributed by atoms with Crippen LogP contribution in [0.15, 0.2) is 0 Å². The lowest BCUT2D eigenvalue weighted by Crippen LogP contribution is -2.30. The molecule has 0 aliphatic heterocycles. The van der Waals surface area contributed by atoms with Gasteiger partial charge in [-0.3, -0.25) is 37.3 Å². The van der Waals surface area contributed by atoms with Crippen LogP contribution in [0.1, 0.15) is 408 Å². The lowest BCUT2D eigenvalue weighted by molar-refractivity contribution is -0.161.